The maximum atomic E-state index is 12.3. The quantitative estimate of drug-likeness (QED) is 0.383. The SMILES string of the molecule is COc1ccc(-c2nnc(SCC(=O)Nc3ccc(-c4noc(C(C)(C)C)n4)cc3)o2)cc1. The Morgan fingerprint density at radius 3 is 2.36 bits per heavy atom. The second-order valence-electron chi connectivity index (χ2n) is 8.19. The molecule has 0 aliphatic carbocycles. The Labute approximate surface area is 194 Å². The number of hydrogen-bond acceptors (Lipinski definition) is 9. The van der Waals surface area contributed by atoms with E-state index in [1.807, 2.05) is 57.2 Å². The van der Waals surface area contributed by atoms with E-state index in [1.54, 1.807) is 19.2 Å². The minimum absolute atomic E-state index is 0.131. The summed E-state index contributed by atoms with van der Waals surface area (Å²) in [6.07, 6.45) is 0. The van der Waals surface area contributed by atoms with Crippen molar-refractivity contribution in [3.63, 3.8) is 0 Å². The maximum absolute atomic E-state index is 12.3. The highest BCUT2D eigenvalue weighted by Crippen LogP contribution is 2.26. The Kier molecular flexibility index (Phi) is 6.45. The molecule has 170 valence electrons. The summed E-state index contributed by atoms with van der Waals surface area (Å²) in [5.74, 6) is 2.15. The van der Waals surface area contributed by atoms with E-state index >= 15 is 0 Å². The van der Waals surface area contributed by atoms with Gasteiger partial charge in [0.15, 0.2) is 0 Å². The molecule has 2 aromatic carbocycles. The predicted octanol–water partition coefficient (Wildman–Crippen LogP) is 4.82. The summed E-state index contributed by atoms with van der Waals surface area (Å²) in [6.45, 7) is 6.03. The van der Waals surface area contributed by atoms with Crippen LogP contribution in [0.25, 0.3) is 22.8 Å². The average Bonchev–Trinajstić information content (AvgIpc) is 3.48. The van der Waals surface area contributed by atoms with Crippen LogP contribution in [0.5, 0.6) is 5.75 Å². The first-order valence-corrected chi connectivity index (χ1v) is 11.2. The van der Waals surface area contributed by atoms with Crippen LogP contribution in [-0.4, -0.2) is 39.1 Å². The molecule has 2 heterocycles. The predicted molar refractivity (Wildman–Crippen MR) is 124 cm³/mol. The number of methoxy groups -OCH3 is 1. The van der Waals surface area contributed by atoms with E-state index in [-0.39, 0.29) is 17.1 Å². The van der Waals surface area contributed by atoms with E-state index in [0.717, 1.165) is 16.9 Å². The van der Waals surface area contributed by atoms with Crippen molar-refractivity contribution in [1.82, 2.24) is 20.3 Å². The van der Waals surface area contributed by atoms with Crippen molar-refractivity contribution in [2.45, 2.75) is 31.4 Å². The number of aromatic nitrogens is 4. The van der Waals surface area contributed by atoms with E-state index in [1.165, 1.54) is 11.8 Å². The zero-order valence-electron chi connectivity index (χ0n) is 18.7. The number of carbonyl (C=O) groups is 1. The van der Waals surface area contributed by atoms with Gasteiger partial charge in [-0.05, 0) is 48.5 Å². The fourth-order valence-corrected chi connectivity index (χ4v) is 3.35. The van der Waals surface area contributed by atoms with Crippen LogP contribution in [0.15, 0.2) is 62.7 Å². The molecule has 0 fully saturated rings. The van der Waals surface area contributed by atoms with Gasteiger partial charge >= 0.3 is 0 Å². The summed E-state index contributed by atoms with van der Waals surface area (Å²) < 4.78 is 16.1. The zero-order valence-corrected chi connectivity index (χ0v) is 19.5. The molecular weight excluding hydrogens is 442 g/mol. The summed E-state index contributed by atoms with van der Waals surface area (Å²) >= 11 is 1.17. The Balaban J connectivity index is 1.31. The Morgan fingerprint density at radius 2 is 1.73 bits per heavy atom. The molecule has 4 rings (SSSR count). The molecule has 1 amide bonds. The highest BCUT2D eigenvalue weighted by Gasteiger charge is 2.22. The van der Waals surface area contributed by atoms with Crippen LogP contribution in [0.2, 0.25) is 0 Å². The van der Waals surface area contributed by atoms with Gasteiger partial charge in [-0.15, -0.1) is 10.2 Å². The van der Waals surface area contributed by atoms with Crippen molar-refractivity contribution in [1.29, 1.82) is 0 Å². The monoisotopic (exact) mass is 465 g/mol. The van der Waals surface area contributed by atoms with Crippen molar-refractivity contribution in [3.05, 3.63) is 54.4 Å². The number of thioether (sulfide) groups is 1. The first-order chi connectivity index (χ1) is 15.8. The van der Waals surface area contributed by atoms with Crippen LogP contribution in [-0.2, 0) is 10.2 Å². The molecule has 0 radical (unpaired) electrons. The fraction of sp³-hybridized carbons (Fsp3) is 0.261. The van der Waals surface area contributed by atoms with Crippen molar-refractivity contribution < 1.29 is 18.5 Å². The van der Waals surface area contributed by atoms with Crippen molar-refractivity contribution in [2.75, 3.05) is 18.2 Å². The number of hydrogen-bond donors (Lipinski definition) is 1. The molecule has 0 saturated heterocycles. The third-order valence-electron chi connectivity index (χ3n) is 4.56. The van der Waals surface area contributed by atoms with E-state index in [0.29, 0.717) is 28.5 Å². The molecule has 33 heavy (non-hydrogen) atoms. The van der Waals surface area contributed by atoms with Gasteiger partial charge in [0.25, 0.3) is 5.22 Å². The highest BCUT2D eigenvalue weighted by molar-refractivity contribution is 7.99. The molecular formula is C23H23N5O4S. The van der Waals surface area contributed by atoms with Crippen molar-refractivity contribution in [3.8, 4) is 28.6 Å². The zero-order chi connectivity index (χ0) is 23.4. The Bertz CT molecular complexity index is 1230. The third-order valence-corrected chi connectivity index (χ3v) is 5.38. The summed E-state index contributed by atoms with van der Waals surface area (Å²) in [5.41, 5.74) is 2.02. The second-order valence-corrected chi connectivity index (χ2v) is 9.12. The van der Waals surface area contributed by atoms with Crippen molar-refractivity contribution >= 4 is 23.4 Å². The number of carbonyl (C=O) groups excluding carboxylic acids is 1. The van der Waals surface area contributed by atoms with Crippen LogP contribution in [0, 0.1) is 0 Å². The van der Waals surface area contributed by atoms with Gasteiger partial charge in [0, 0.05) is 22.2 Å². The van der Waals surface area contributed by atoms with Gasteiger partial charge in [-0.25, -0.2) is 0 Å². The number of nitrogens with zero attached hydrogens (tertiary/aromatic N) is 4. The van der Waals surface area contributed by atoms with Crippen molar-refractivity contribution in [2.24, 2.45) is 0 Å². The fourth-order valence-electron chi connectivity index (χ4n) is 2.79. The molecule has 2 aromatic heterocycles. The topological polar surface area (TPSA) is 116 Å². The van der Waals surface area contributed by atoms with Crippen LogP contribution in [0.4, 0.5) is 5.69 Å². The maximum Gasteiger partial charge on any atom is 0.277 e. The molecule has 4 aromatic rings. The molecule has 0 bridgehead atoms. The van der Waals surface area contributed by atoms with E-state index in [4.69, 9.17) is 13.7 Å². The number of nitrogens with one attached hydrogen (secondary N) is 1. The Hall–Kier alpha value is -3.66. The van der Waals surface area contributed by atoms with Crippen LogP contribution in [0.1, 0.15) is 26.7 Å². The van der Waals surface area contributed by atoms with Gasteiger partial charge in [0.1, 0.15) is 5.75 Å². The van der Waals surface area contributed by atoms with Crippen LogP contribution >= 0.6 is 11.8 Å². The first-order valence-electron chi connectivity index (χ1n) is 10.2. The van der Waals surface area contributed by atoms with Gasteiger partial charge in [0.2, 0.25) is 23.5 Å². The number of benzene rings is 2. The minimum Gasteiger partial charge on any atom is -0.497 e. The standard InChI is InChI=1S/C23H23N5O4S/c1-23(2,3)21-25-19(28-32-21)14-5-9-16(10-6-14)24-18(29)13-33-22-27-26-20(31-22)15-7-11-17(30-4)12-8-15/h5-12H,13H2,1-4H3,(H,24,29). The largest absolute Gasteiger partial charge is 0.497 e. The molecule has 9 nitrogen and oxygen atoms in total. The lowest BCUT2D eigenvalue weighted by Gasteiger charge is -2.10. The molecule has 10 heteroatoms. The van der Waals surface area contributed by atoms with Gasteiger partial charge in [-0.2, -0.15) is 4.98 Å². The minimum atomic E-state index is -0.218. The Morgan fingerprint density at radius 1 is 1.03 bits per heavy atom. The number of ether oxygens (including phenoxy) is 1. The van der Waals surface area contributed by atoms with Gasteiger partial charge in [-0.1, -0.05) is 37.7 Å². The second kappa shape index (κ2) is 9.45. The number of amides is 1. The molecule has 0 unspecified atom stereocenters. The highest BCUT2D eigenvalue weighted by atomic mass is 32.2. The van der Waals surface area contributed by atoms with E-state index < -0.39 is 0 Å². The summed E-state index contributed by atoms with van der Waals surface area (Å²) in [4.78, 5) is 16.8. The van der Waals surface area contributed by atoms with Gasteiger partial charge < -0.3 is 19.0 Å². The molecule has 0 spiro atoms. The molecule has 1 N–H and O–H groups in total. The van der Waals surface area contributed by atoms with Gasteiger partial charge in [0.05, 0.1) is 12.9 Å². The molecule has 0 atom stereocenters. The lowest BCUT2D eigenvalue weighted by atomic mass is 9.97. The van der Waals surface area contributed by atoms with Crippen LogP contribution < -0.4 is 10.1 Å². The summed E-state index contributed by atoms with van der Waals surface area (Å²) in [6, 6.07) is 14.5. The number of anilines is 1. The third kappa shape index (κ3) is 5.58. The van der Waals surface area contributed by atoms with E-state index in [2.05, 4.69) is 25.7 Å². The normalized spacial score (nSPS) is 11.4. The molecule has 0 aliphatic rings. The van der Waals surface area contributed by atoms with E-state index in [9.17, 15) is 4.79 Å². The summed E-state index contributed by atoms with van der Waals surface area (Å²) in [5, 5.41) is 15.2. The van der Waals surface area contributed by atoms with Crippen LogP contribution in [0.3, 0.4) is 0 Å². The average molecular weight is 466 g/mol. The lowest BCUT2D eigenvalue weighted by Crippen LogP contribution is -2.13. The van der Waals surface area contributed by atoms with Gasteiger partial charge in [-0.3, -0.25) is 4.79 Å². The summed E-state index contributed by atoms with van der Waals surface area (Å²) in [7, 11) is 1.60. The smallest absolute Gasteiger partial charge is 0.277 e. The molecule has 0 aliphatic heterocycles. The first kappa shape index (κ1) is 22.5. The molecule has 0 saturated carbocycles. The number of rotatable bonds is 7. The lowest BCUT2D eigenvalue weighted by molar-refractivity contribution is -0.113.